The molecule has 14 aromatic rings. The number of hydrogen-bond acceptors (Lipinski definition) is 4. The Morgan fingerprint density at radius 3 is 1.65 bits per heavy atom. The molecular weight excluding hydrogens is 883 g/mol. The van der Waals surface area contributed by atoms with Crippen LogP contribution in [-0.2, 0) is 0 Å². The van der Waals surface area contributed by atoms with Crippen LogP contribution in [0.1, 0.15) is 0 Å². The van der Waals surface area contributed by atoms with Crippen LogP contribution in [-0.4, -0.2) is 4.57 Å². The average Bonchev–Trinajstić information content (AvgIpc) is 4.13. The van der Waals surface area contributed by atoms with Gasteiger partial charge in [0.25, 0.3) is 0 Å². The van der Waals surface area contributed by atoms with E-state index in [9.17, 15) is 0 Å². The lowest BCUT2D eigenvalue weighted by Gasteiger charge is -2.31. The molecule has 3 heterocycles. The van der Waals surface area contributed by atoms with Gasteiger partial charge in [-0.15, -0.1) is 11.3 Å². The zero-order chi connectivity index (χ0) is 46.8. The molecule has 0 spiro atoms. The minimum Gasteiger partial charge on any atom is -0.454 e. The van der Waals surface area contributed by atoms with E-state index in [0.717, 1.165) is 94.7 Å². The monoisotopic (exact) mass is 925 g/mol. The molecular formula is C66H43N3OS. The highest BCUT2D eigenvalue weighted by Crippen LogP contribution is 2.51. The van der Waals surface area contributed by atoms with Gasteiger partial charge in [0.1, 0.15) is 5.58 Å². The van der Waals surface area contributed by atoms with E-state index in [1.165, 1.54) is 31.3 Å². The summed E-state index contributed by atoms with van der Waals surface area (Å²) in [5.74, 6) is 0. The highest BCUT2D eigenvalue weighted by molar-refractivity contribution is 7.26. The molecule has 11 aromatic carbocycles. The first-order valence-electron chi connectivity index (χ1n) is 24.1. The molecule has 0 atom stereocenters. The fourth-order valence-corrected chi connectivity index (χ4v) is 11.9. The number of anilines is 6. The lowest BCUT2D eigenvalue weighted by molar-refractivity contribution is 0.671. The molecule has 14 rings (SSSR count). The van der Waals surface area contributed by atoms with E-state index in [1.807, 2.05) is 11.3 Å². The summed E-state index contributed by atoms with van der Waals surface area (Å²) in [6.45, 7) is 0. The van der Waals surface area contributed by atoms with Crippen LogP contribution in [0.4, 0.5) is 34.1 Å². The molecule has 0 radical (unpaired) electrons. The van der Waals surface area contributed by atoms with Gasteiger partial charge < -0.3 is 18.8 Å². The number of rotatable bonds is 9. The molecule has 5 heteroatoms. The molecule has 0 saturated heterocycles. The van der Waals surface area contributed by atoms with Crippen LogP contribution in [0, 0.1) is 0 Å². The Kier molecular flexibility index (Phi) is 9.68. The second kappa shape index (κ2) is 16.8. The molecule has 334 valence electrons. The molecule has 0 aliphatic heterocycles. The fraction of sp³-hybridized carbons (Fsp3) is 0. The third-order valence-corrected chi connectivity index (χ3v) is 15.0. The number of aromatic nitrogens is 1. The van der Waals surface area contributed by atoms with Crippen molar-refractivity contribution >= 4 is 109 Å². The Morgan fingerprint density at radius 2 is 0.915 bits per heavy atom. The van der Waals surface area contributed by atoms with Crippen molar-refractivity contribution < 1.29 is 4.42 Å². The number of benzene rings is 11. The lowest BCUT2D eigenvalue weighted by Crippen LogP contribution is -2.14. The van der Waals surface area contributed by atoms with Gasteiger partial charge in [-0.05, 0) is 125 Å². The van der Waals surface area contributed by atoms with Crippen LogP contribution in [0.5, 0.6) is 0 Å². The summed E-state index contributed by atoms with van der Waals surface area (Å²) >= 11 is 1.84. The van der Waals surface area contributed by atoms with Gasteiger partial charge in [0.2, 0.25) is 0 Å². The van der Waals surface area contributed by atoms with E-state index in [1.54, 1.807) is 0 Å². The SMILES string of the molecule is c1ccc(-c2ccc(N(c3cc(-c4cc5c6ccccc6n(-c6ccccc6)c5c5oc6ccccc6c45)cc(N(c4ccccc4)c4ccccc4)c3)c3cccc4sc5ccccc5c34)cc2)cc1. The van der Waals surface area contributed by atoms with Gasteiger partial charge in [0.05, 0.1) is 16.7 Å². The Labute approximate surface area is 414 Å². The third kappa shape index (κ3) is 6.81. The molecule has 4 nitrogen and oxygen atoms in total. The largest absolute Gasteiger partial charge is 0.454 e. The molecule has 71 heavy (non-hydrogen) atoms. The summed E-state index contributed by atoms with van der Waals surface area (Å²) in [6.07, 6.45) is 0. The topological polar surface area (TPSA) is 24.6 Å². The first-order valence-corrected chi connectivity index (χ1v) is 24.9. The minimum absolute atomic E-state index is 0.851. The summed E-state index contributed by atoms with van der Waals surface area (Å²) in [5.41, 5.74) is 15.8. The summed E-state index contributed by atoms with van der Waals surface area (Å²) in [6, 6.07) is 94.2. The zero-order valence-electron chi connectivity index (χ0n) is 38.5. The summed E-state index contributed by atoms with van der Waals surface area (Å²) in [4.78, 5) is 4.86. The van der Waals surface area contributed by atoms with Crippen molar-refractivity contribution in [1.82, 2.24) is 4.57 Å². The van der Waals surface area contributed by atoms with Gasteiger partial charge in [-0.1, -0.05) is 158 Å². The number of furan rings is 1. The number of para-hydroxylation sites is 5. The van der Waals surface area contributed by atoms with Crippen molar-refractivity contribution in [3.63, 3.8) is 0 Å². The zero-order valence-corrected chi connectivity index (χ0v) is 39.3. The molecule has 0 aliphatic carbocycles. The van der Waals surface area contributed by atoms with E-state index in [4.69, 9.17) is 4.42 Å². The number of thiophene rings is 1. The van der Waals surface area contributed by atoms with Crippen LogP contribution in [0.15, 0.2) is 265 Å². The lowest BCUT2D eigenvalue weighted by atomic mass is 9.95. The maximum absolute atomic E-state index is 7.14. The van der Waals surface area contributed by atoms with E-state index >= 15 is 0 Å². The Morgan fingerprint density at radius 1 is 0.352 bits per heavy atom. The van der Waals surface area contributed by atoms with E-state index < -0.39 is 0 Å². The van der Waals surface area contributed by atoms with Gasteiger partial charge in [0, 0.05) is 75.8 Å². The summed E-state index contributed by atoms with van der Waals surface area (Å²) < 4.78 is 12.0. The Balaban J connectivity index is 1.11. The van der Waals surface area contributed by atoms with Crippen LogP contribution in [0.3, 0.4) is 0 Å². The van der Waals surface area contributed by atoms with E-state index in [2.05, 4.69) is 275 Å². The number of hydrogen-bond donors (Lipinski definition) is 0. The molecule has 0 N–H and O–H groups in total. The van der Waals surface area contributed by atoms with Crippen molar-refractivity contribution in [2.45, 2.75) is 0 Å². The molecule has 0 unspecified atom stereocenters. The van der Waals surface area contributed by atoms with Gasteiger partial charge in [0.15, 0.2) is 5.58 Å². The predicted molar refractivity (Wildman–Crippen MR) is 301 cm³/mol. The number of fused-ring (bicyclic) bond motifs is 10. The van der Waals surface area contributed by atoms with Crippen molar-refractivity contribution in [3.8, 4) is 27.9 Å². The first kappa shape index (κ1) is 40.9. The van der Waals surface area contributed by atoms with Crippen molar-refractivity contribution in [1.29, 1.82) is 0 Å². The maximum atomic E-state index is 7.14. The highest BCUT2D eigenvalue weighted by Gasteiger charge is 2.26. The van der Waals surface area contributed by atoms with E-state index in [-0.39, 0.29) is 0 Å². The molecule has 0 aliphatic rings. The van der Waals surface area contributed by atoms with E-state index in [0.29, 0.717) is 0 Å². The molecule has 0 fully saturated rings. The van der Waals surface area contributed by atoms with Crippen molar-refractivity contribution in [2.75, 3.05) is 9.80 Å². The maximum Gasteiger partial charge on any atom is 0.160 e. The quantitative estimate of drug-likeness (QED) is 0.144. The minimum atomic E-state index is 0.851. The second-order valence-electron chi connectivity index (χ2n) is 18.1. The van der Waals surface area contributed by atoms with Crippen molar-refractivity contribution in [2.24, 2.45) is 0 Å². The van der Waals surface area contributed by atoms with Crippen LogP contribution >= 0.6 is 11.3 Å². The molecule has 0 saturated carbocycles. The average molecular weight is 926 g/mol. The van der Waals surface area contributed by atoms with Crippen LogP contribution in [0.2, 0.25) is 0 Å². The van der Waals surface area contributed by atoms with Gasteiger partial charge in [-0.3, -0.25) is 0 Å². The van der Waals surface area contributed by atoms with Gasteiger partial charge in [-0.25, -0.2) is 0 Å². The van der Waals surface area contributed by atoms with Crippen LogP contribution in [0.25, 0.3) is 91.9 Å². The highest BCUT2D eigenvalue weighted by atomic mass is 32.1. The van der Waals surface area contributed by atoms with Gasteiger partial charge >= 0.3 is 0 Å². The Bertz CT molecular complexity index is 4230. The second-order valence-corrected chi connectivity index (χ2v) is 19.1. The standard InChI is InChI=1S/C66H43N3OS/c1-5-20-44(21-6-1)45-36-38-50(39-37-45)68(59-32-19-35-62-64(59)55-30-15-18-34-61(55)71-62)52-41-46(40-51(42-52)67(47-22-7-2-8-23-47)48-24-9-3-10-25-48)56-43-57-53-28-13-16-31-58(53)69(49-26-11-4-12-27-49)65(57)66-63(56)54-29-14-17-33-60(54)70-66/h1-43H. The van der Waals surface area contributed by atoms with Crippen molar-refractivity contribution in [3.05, 3.63) is 261 Å². The predicted octanol–water partition coefficient (Wildman–Crippen LogP) is 19.3. The third-order valence-electron chi connectivity index (χ3n) is 13.9. The van der Waals surface area contributed by atoms with Crippen LogP contribution < -0.4 is 9.80 Å². The normalized spacial score (nSPS) is 11.7. The molecule has 0 amide bonds. The molecule has 3 aromatic heterocycles. The summed E-state index contributed by atoms with van der Waals surface area (Å²) in [5, 5.41) is 6.91. The Hall–Kier alpha value is -9.16. The number of nitrogens with zero attached hydrogens (tertiary/aromatic N) is 3. The fourth-order valence-electron chi connectivity index (χ4n) is 10.8. The summed E-state index contributed by atoms with van der Waals surface area (Å²) in [7, 11) is 0. The smallest absolute Gasteiger partial charge is 0.160 e. The molecule has 0 bridgehead atoms. The first-order chi connectivity index (χ1) is 35.2. The van der Waals surface area contributed by atoms with Gasteiger partial charge in [-0.2, -0.15) is 0 Å².